The third-order valence-corrected chi connectivity index (χ3v) is 5.37. The largest absolute Gasteiger partial charge is 0.366 e. The molecule has 3 aromatic rings. The first-order valence-corrected chi connectivity index (χ1v) is 9.19. The fourth-order valence-electron chi connectivity index (χ4n) is 3.96. The number of nitro benzene ring substituents is 1. The molecule has 2 aromatic carbocycles. The molecular weight excluding hydrogens is 360 g/mol. The molecule has 0 amide bonds. The highest BCUT2D eigenvalue weighted by molar-refractivity contribution is 5.95. The minimum absolute atomic E-state index is 0.0375. The number of para-hydroxylation sites is 2. The fourth-order valence-corrected chi connectivity index (χ4v) is 3.96. The van der Waals surface area contributed by atoms with Gasteiger partial charge >= 0.3 is 5.69 Å². The van der Waals surface area contributed by atoms with Crippen LogP contribution in [0, 0.1) is 10.1 Å². The van der Waals surface area contributed by atoms with Crippen molar-refractivity contribution in [2.75, 3.05) is 18.0 Å². The van der Waals surface area contributed by atoms with Gasteiger partial charge in [-0.3, -0.25) is 19.5 Å². The quantitative estimate of drug-likeness (QED) is 0.425. The lowest BCUT2D eigenvalue weighted by atomic mass is 10.0. The molecule has 0 bridgehead atoms. The molecule has 0 unspecified atom stereocenters. The van der Waals surface area contributed by atoms with Crippen LogP contribution in [-0.2, 0) is 0 Å². The zero-order chi connectivity index (χ0) is 19.8. The highest BCUT2D eigenvalue weighted by atomic mass is 16.6. The van der Waals surface area contributed by atoms with E-state index >= 15 is 0 Å². The maximum absolute atomic E-state index is 12.4. The summed E-state index contributed by atoms with van der Waals surface area (Å²) in [5, 5.41) is 11.5. The zero-order valence-corrected chi connectivity index (χ0v) is 15.4. The number of aromatic amines is 1. The average molecular weight is 380 g/mol. The van der Waals surface area contributed by atoms with Crippen LogP contribution in [0.15, 0.2) is 47.3 Å². The molecule has 0 aliphatic carbocycles. The number of imidazole rings is 1. The van der Waals surface area contributed by atoms with Crippen molar-refractivity contribution in [3.63, 3.8) is 0 Å². The first kappa shape index (κ1) is 18.0. The van der Waals surface area contributed by atoms with Crippen molar-refractivity contribution < 1.29 is 9.72 Å². The van der Waals surface area contributed by atoms with E-state index in [0.717, 1.165) is 11.0 Å². The number of nitrogens with zero attached hydrogens (tertiary/aromatic N) is 3. The maximum Gasteiger partial charge on any atom is 0.326 e. The SMILES string of the molecule is CC(=O)c1ccc(N2CCC(n3c(=O)[nH]c4ccccc43)CC2)c([N+](=O)[O-])c1. The van der Waals surface area contributed by atoms with Crippen LogP contribution in [0.3, 0.4) is 0 Å². The van der Waals surface area contributed by atoms with Gasteiger partial charge in [0.25, 0.3) is 5.69 Å². The summed E-state index contributed by atoms with van der Waals surface area (Å²) in [5.74, 6) is -0.202. The number of aromatic nitrogens is 2. The molecule has 4 rings (SSSR count). The van der Waals surface area contributed by atoms with Crippen molar-refractivity contribution in [3.05, 3.63) is 68.6 Å². The number of anilines is 1. The maximum atomic E-state index is 12.4. The van der Waals surface area contributed by atoms with E-state index in [1.54, 1.807) is 16.7 Å². The van der Waals surface area contributed by atoms with E-state index in [4.69, 9.17) is 0 Å². The van der Waals surface area contributed by atoms with Gasteiger partial charge in [-0.1, -0.05) is 12.1 Å². The molecule has 8 heteroatoms. The fraction of sp³-hybridized carbons (Fsp3) is 0.300. The van der Waals surface area contributed by atoms with Crippen molar-refractivity contribution in [2.24, 2.45) is 0 Å². The molecule has 28 heavy (non-hydrogen) atoms. The van der Waals surface area contributed by atoms with Crippen molar-refractivity contribution in [2.45, 2.75) is 25.8 Å². The van der Waals surface area contributed by atoms with Crippen molar-refractivity contribution in [3.8, 4) is 0 Å². The van der Waals surface area contributed by atoms with Crippen LogP contribution in [0.1, 0.15) is 36.2 Å². The zero-order valence-electron chi connectivity index (χ0n) is 15.4. The smallest absolute Gasteiger partial charge is 0.326 e. The second kappa shape index (κ2) is 6.95. The molecule has 1 aromatic heterocycles. The van der Waals surface area contributed by atoms with Crippen molar-refractivity contribution >= 4 is 28.2 Å². The number of carbonyl (C=O) groups is 1. The lowest BCUT2D eigenvalue weighted by Gasteiger charge is -2.33. The lowest BCUT2D eigenvalue weighted by Crippen LogP contribution is -2.37. The summed E-state index contributed by atoms with van der Waals surface area (Å²) in [4.78, 5) is 39.8. The van der Waals surface area contributed by atoms with Crippen molar-refractivity contribution in [1.29, 1.82) is 0 Å². The number of piperidine rings is 1. The Labute approximate surface area is 160 Å². The van der Waals surface area contributed by atoms with Crippen LogP contribution < -0.4 is 10.6 Å². The van der Waals surface area contributed by atoms with Gasteiger partial charge in [-0.2, -0.15) is 0 Å². The average Bonchev–Trinajstić information content (AvgIpc) is 3.03. The number of nitrogens with one attached hydrogen (secondary N) is 1. The molecule has 0 saturated carbocycles. The number of Topliss-reactive ketones (excluding diaryl/α,β-unsaturated/α-hetero) is 1. The summed E-state index contributed by atoms with van der Waals surface area (Å²) >= 11 is 0. The lowest BCUT2D eigenvalue weighted by molar-refractivity contribution is -0.384. The van der Waals surface area contributed by atoms with E-state index in [1.165, 1.54) is 13.0 Å². The van der Waals surface area contributed by atoms with Crippen molar-refractivity contribution in [1.82, 2.24) is 9.55 Å². The summed E-state index contributed by atoms with van der Waals surface area (Å²) < 4.78 is 1.79. The van der Waals surface area contributed by atoms with Gasteiger partial charge in [0.1, 0.15) is 5.69 Å². The summed E-state index contributed by atoms with van der Waals surface area (Å²) in [6.45, 7) is 2.58. The molecule has 1 aliphatic rings. The number of benzene rings is 2. The van der Waals surface area contributed by atoms with E-state index in [0.29, 0.717) is 37.2 Å². The van der Waals surface area contributed by atoms with E-state index in [2.05, 4.69) is 4.98 Å². The molecule has 1 fully saturated rings. The number of carbonyl (C=O) groups excluding carboxylic acids is 1. The molecule has 1 N–H and O–H groups in total. The number of rotatable bonds is 4. The number of fused-ring (bicyclic) bond motifs is 1. The number of ketones is 1. The van der Waals surface area contributed by atoms with Gasteiger partial charge in [0.15, 0.2) is 5.78 Å². The number of nitro groups is 1. The summed E-state index contributed by atoms with van der Waals surface area (Å²) in [6.07, 6.45) is 1.40. The second-order valence-corrected chi connectivity index (χ2v) is 7.05. The Balaban J connectivity index is 1.59. The van der Waals surface area contributed by atoms with Crippen LogP contribution >= 0.6 is 0 Å². The molecule has 0 spiro atoms. The van der Waals surface area contributed by atoms with Crippen LogP contribution in [-0.4, -0.2) is 33.3 Å². The van der Waals surface area contributed by atoms with Gasteiger partial charge in [-0.25, -0.2) is 4.79 Å². The Kier molecular flexibility index (Phi) is 4.46. The summed E-state index contributed by atoms with van der Waals surface area (Å²) in [6, 6.07) is 12.2. The number of H-pyrrole nitrogens is 1. The summed E-state index contributed by atoms with van der Waals surface area (Å²) in [5.41, 5.74) is 2.34. The normalized spacial score (nSPS) is 15.1. The number of hydrogen-bond acceptors (Lipinski definition) is 5. The Morgan fingerprint density at radius 3 is 2.57 bits per heavy atom. The van der Waals surface area contributed by atoms with Gasteiger partial charge in [0, 0.05) is 30.8 Å². The molecule has 2 heterocycles. The minimum atomic E-state index is -0.446. The standard InChI is InChI=1S/C20H20N4O4/c1-13(25)14-6-7-18(19(12-14)24(27)28)22-10-8-15(9-11-22)23-17-5-3-2-4-16(17)21-20(23)26/h2-7,12,15H,8-11H2,1H3,(H,21,26). The van der Waals surface area contributed by atoms with Crippen LogP contribution in [0.2, 0.25) is 0 Å². The van der Waals surface area contributed by atoms with Gasteiger partial charge in [-0.15, -0.1) is 0 Å². The van der Waals surface area contributed by atoms with Crippen LogP contribution in [0.25, 0.3) is 11.0 Å². The van der Waals surface area contributed by atoms with E-state index < -0.39 is 4.92 Å². The molecule has 1 aliphatic heterocycles. The van der Waals surface area contributed by atoms with Crippen LogP contribution in [0.5, 0.6) is 0 Å². The third kappa shape index (κ3) is 3.06. The Bertz CT molecular complexity index is 1120. The Morgan fingerprint density at radius 1 is 1.18 bits per heavy atom. The first-order valence-electron chi connectivity index (χ1n) is 9.19. The monoisotopic (exact) mass is 380 g/mol. The highest BCUT2D eigenvalue weighted by Crippen LogP contribution is 2.34. The topological polar surface area (TPSA) is 101 Å². The Hall–Kier alpha value is -3.42. The van der Waals surface area contributed by atoms with Gasteiger partial charge < -0.3 is 9.88 Å². The predicted octanol–water partition coefficient (Wildman–Crippen LogP) is 3.28. The van der Waals surface area contributed by atoms with E-state index in [1.807, 2.05) is 29.2 Å². The van der Waals surface area contributed by atoms with Gasteiger partial charge in [0.2, 0.25) is 0 Å². The molecule has 144 valence electrons. The molecular formula is C20H20N4O4. The minimum Gasteiger partial charge on any atom is -0.366 e. The first-order chi connectivity index (χ1) is 13.5. The molecule has 1 saturated heterocycles. The third-order valence-electron chi connectivity index (χ3n) is 5.37. The predicted molar refractivity (Wildman–Crippen MR) is 106 cm³/mol. The number of hydrogen-bond donors (Lipinski definition) is 1. The molecule has 0 radical (unpaired) electrons. The Morgan fingerprint density at radius 2 is 1.89 bits per heavy atom. The molecule has 8 nitrogen and oxygen atoms in total. The van der Waals surface area contributed by atoms with Gasteiger partial charge in [-0.05, 0) is 44.0 Å². The van der Waals surface area contributed by atoms with E-state index in [9.17, 15) is 19.7 Å². The molecule has 0 atom stereocenters. The van der Waals surface area contributed by atoms with E-state index in [-0.39, 0.29) is 23.2 Å². The summed E-state index contributed by atoms with van der Waals surface area (Å²) in [7, 11) is 0. The van der Waals surface area contributed by atoms with Crippen LogP contribution in [0.4, 0.5) is 11.4 Å². The van der Waals surface area contributed by atoms with Gasteiger partial charge in [0.05, 0.1) is 16.0 Å². The highest BCUT2D eigenvalue weighted by Gasteiger charge is 2.27. The second-order valence-electron chi connectivity index (χ2n) is 7.05.